The highest BCUT2D eigenvalue weighted by molar-refractivity contribution is 4.92. The van der Waals surface area contributed by atoms with Crippen LogP contribution in [0.1, 0.15) is 25.6 Å². The summed E-state index contributed by atoms with van der Waals surface area (Å²) >= 11 is 0. The lowest BCUT2D eigenvalue weighted by Crippen LogP contribution is -2.47. The molecular weight excluding hydrogens is 214 g/mol. The van der Waals surface area contributed by atoms with Gasteiger partial charge in [0, 0.05) is 26.2 Å². The molecule has 0 radical (unpaired) electrons. The van der Waals surface area contributed by atoms with Crippen molar-refractivity contribution in [1.29, 1.82) is 0 Å². The Bertz CT molecular complexity index is 380. The maximum absolute atomic E-state index is 4.18. The summed E-state index contributed by atoms with van der Waals surface area (Å²) in [4.78, 5) is 2.52. The predicted molar refractivity (Wildman–Crippen MR) is 65.5 cm³/mol. The SMILES string of the molecule is CC1(CN2CCn3cnnc3C2)CCCNC1. The molecule has 0 saturated carbocycles. The molecule has 3 heterocycles. The van der Waals surface area contributed by atoms with Crippen LogP contribution in [0.5, 0.6) is 0 Å². The fourth-order valence-corrected chi connectivity index (χ4v) is 3.04. The van der Waals surface area contributed by atoms with Crippen LogP contribution in [0.3, 0.4) is 0 Å². The number of nitrogens with one attached hydrogen (secondary N) is 1. The molecule has 1 aromatic rings. The number of hydrogen-bond donors (Lipinski definition) is 1. The number of rotatable bonds is 2. The maximum atomic E-state index is 4.18. The van der Waals surface area contributed by atoms with E-state index in [1.807, 2.05) is 6.33 Å². The lowest BCUT2D eigenvalue weighted by Gasteiger charge is -2.39. The normalized spacial score (nSPS) is 30.2. The van der Waals surface area contributed by atoms with E-state index in [1.54, 1.807) is 0 Å². The summed E-state index contributed by atoms with van der Waals surface area (Å²) in [5.41, 5.74) is 0.431. The molecular formula is C12H21N5. The zero-order valence-electron chi connectivity index (χ0n) is 10.5. The molecule has 1 N–H and O–H groups in total. The van der Waals surface area contributed by atoms with E-state index in [2.05, 4.69) is 31.9 Å². The van der Waals surface area contributed by atoms with Gasteiger partial charge in [0.1, 0.15) is 12.2 Å². The van der Waals surface area contributed by atoms with Gasteiger partial charge < -0.3 is 9.88 Å². The molecule has 1 atom stereocenters. The third-order valence-electron chi connectivity index (χ3n) is 4.01. The van der Waals surface area contributed by atoms with E-state index in [0.29, 0.717) is 5.41 Å². The summed E-state index contributed by atoms with van der Waals surface area (Å²) in [6.07, 6.45) is 4.49. The minimum absolute atomic E-state index is 0.431. The van der Waals surface area contributed by atoms with Gasteiger partial charge in [-0.05, 0) is 24.8 Å². The Hall–Kier alpha value is -0.940. The monoisotopic (exact) mass is 235 g/mol. The highest BCUT2D eigenvalue weighted by atomic mass is 15.3. The molecule has 0 bridgehead atoms. The van der Waals surface area contributed by atoms with Gasteiger partial charge in [-0.25, -0.2) is 0 Å². The van der Waals surface area contributed by atoms with Gasteiger partial charge in [0.25, 0.3) is 0 Å². The van der Waals surface area contributed by atoms with Gasteiger partial charge >= 0.3 is 0 Å². The predicted octanol–water partition coefficient (Wildman–Crippen LogP) is 0.483. The smallest absolute Gasteiger partial charge is 0.147 e. The molecule has 1 saturated heterocycles. The summed E-state index contributed by atoms with van der Waals surface area (Å²) in [5.74, 6) is 1.11. The van der Waals surface area contributed by atoms with E-state index in [4.69, 9.17) is 0 Å². The van der Waals surface area contributed by atoms with Crippen LogP contribution in [0.2, 0.25) is 0 Å². The third-order valence-corrected chi connectivity index (χ3v) is 4.01. The number of hydrogen-bond acceptors (Lipinski definition) is 4. The second kappa shape index (κ2) is 4.38. The zero-order valence-corrected chi connectivity index (χ0v) is 10.5. The molecule has 0 amide bonds. The lowest BCUT2D eigenvalue weighted by molar-refractivity contribution is 0.110. The number of nitrogens with zero attached hydrogens (tertiary/aromatic N) is 4. The Morgan fingerprint density at radius 1 is 1.47 bits per heavy atom. The summed E-state index contributed by atoms with van der Waals surface area (Å²) in [7, 11) is 0. The van der Waals surface area contributed by atoms with Crippen molar-refractivity contribution < 1.29 is 0 Å². The molecule has 17 heavy (non-hydrogen) atoms. The second-order valence-electron chi connectivity index (χ2n) is 5.74. The molecule has 0 spiro atoms. The van der Waals surface area contributed by atoms with Crippen LogP contribution in [0.4, 0.5) is 0 Å². The molecule has 5 nitrogen and oxygen atoms in total. The fourth-order valence-electron chi connectivity index (χ4n) is 3.04. The van der Waals surface area contributed by atoms with Gasteiger partial charge in [-0.1, -0.05) is 6.92 Å². The lowest BCUT2D eigenvalue weighted by atomic mass is 9.82. The van der Waals surface area contributed by atoms with E-state index in [1.165, 1.54) is 25.9 Å². The average Bonchev–Trinajstić information content (AvgIpc) is 2.76. The highest BCUT2D eigenvalue weighted by Gasteiger charge is 2.30. The minimum Gasteiger partial charge on any atom is -0.316 e. The van der Waals surface area contributed by atoms with Gasteiger partial charge in [-0.2, -0.15) is 0 Å². The molecule has 2 aliphatic rings. The molecule has 1 unspecified atom stereocenters. The van der Waals surface area contributed by atoms with Crippen LogP contribution >= 0.6 is 0 Å². The molecule has 5 heteroatoms. The van der Waals surface area contributed by atoms with Crippen LogP contribution in [0.25, 0.3) is 0 Å². The van der Waals surface area contributed by atoms with E-state index in [0.717, 1.165) is 32.0 Å². The summed E-state index contributed by atoms with van der Waals surface area (Å²) in [5, 5.41) is 11.7. The highest BCUT2D eigenvalue weighted by Crippen LogP contribution is 2.27. The fraction of sp³-hybridized carbons (Fsp3) is 0.833. The second-order valence-corrected chi connectivity index (χ2v) is 5.74. The van der Waals surface area contributed by atoms with Crippen molar-refractivity contribution in [3.05, 3.63) is 12.2 Å². The van der Waals surface area contributed by atoms with Crippen molar-refractivity contribution in [2.45, 2.75) is 32.9 Å². The first-order valence-electron chi connectivity index (χ1n) is 6.55. The molecule has 0 aromatic carbocycles. The van der Waals surface area contributed by atoms with Gasteiger partial charge in [0.2, 0.25) is 0 Å². The van der Waals surface area contributed by atoms with Crippen LogP contribution in [-0.2, 0) is 13.1 Å². The van der Waals surface area contributed by atoms with Crippen LogP contribution in [0.15, 0.2) is 6.33 Å². The molecule has 94 valence electrons. The molecule has 3 rings (SSSR count). The molecule has 0 aliphatic carbocycles. The van der Waals surface area contributed by atoms with E-state index in [9.17, 15) is 0 Å². The largest absolute Gasteiger partial charge is 0.316 e. The third kappa shape index (κ3) is 2.35. The summed E-state index contributed by atoms with van der Waals surface area (Å²) in [6.45, 7) is 9.02. The number of piperidine rings is 1. The van der Waals surface area contributed by atoms with Crippen molar-refractivity contribution in [2.75, 3.05) is 26.2 Å². The maximum Gasteiger partial charge on any atom is 0.147 e. The van der Waals surface area contributed by atoms with Gasteiger partial charge in [0.15, 0.2) is 0 Å². The van der Waals surface area contributed by atoms with Gasteiger partial charge in [-0.3, -0.25) is 4.90 Å². The van der Waals surface area contributed by atoms with Crippen molar-refractivity contribution >= 4 is 0 Å². The van der Waals surface area contributed by atoms with Crippen LogP contribution in [0, 0.1) is 5.41 Å². The van der Waals surface area contributed by atoms with Gasteiger partial charge in [-0.15, -0.1) is 10.2 Å². The molecule has 1 fully saturated rings. The van der Waals surface area contributed by atoms with Crippen molar-refractivity contribution in [2.24, 2.45) is 5.41 Å². The number of fused-ring (bicyclic) bond motifs is 1. The van der Waals surface area contributed by atoms with Crippen molar-refractivity contribution in [3.63, 3.8) is 0 Å². The molecule has 2 aliphatic heterocycles. The Balaban J connectivity index is 1.63. The Kier molecular flexibility index (Phi) is 2.88. The first-order valence-corrected chi connectivity index (χ1v) is 6.55. The minimum atomic E-state index is 0.431. The van der Waals surface area contributed by atoms with Crippen molar-refractivity contribution in [1.82, 2.24) is 25.0 Å². The van der Waals surface area contributed by atoms with E-state index < -0.39 is 0 Å². The quantitative estimate of drug-likeness (QED) is 0.810. The first-order chi connectivity index (χ1) is 8.25. The standard InChI is InChI=1S/C12H21N5/c1-12(3-2-4-13-8-12)9-16-5-6-17-10-14-15-11(17)7-16/h10,13H,2-9H2,1H3. The molecule has 1 aromatic heterocycles. The van der Waals surface area contributed by atoms with E-state index >= 15 is 0 Å². The van der Waals surface area contributed by atoms with Crippen LogP contribution in [-0.4, -0.2) is 45.8 Å². The Labute approximate surface area is 102 Å². The number of aromatic nitrogens is 3. The van der Waals surface area contributed by atoms with Crippen molar-refractivity contribution in [3.8, 4) is 0 Å². The van der Waals surface area contributed by atoms with Gasteiger partial charge in [0.05, 0.1) is 6.54 Å². The Morgan fingerprint density at radius 2 is 2.41 bits per heavy atom. The van der Waals surface area contributed by atoms with E-state index in [-0.39, 0.29) is 0 Å². The summed E-state index contributed by atoms with van der Waals surface area (Å²) < 4.78 is 2.16. The van der Waals surface area contributed by atoms with Crippen LogP contribution < -0.4 is 5.32 Å². The zero-order chi connectivity index (χ0) is 11.7. The topological polar surface area (TPSA) is 46.0 Å². The Morgan fingerprint density at radius 3 is 3.24 bits per heavy atom. The first kappa shape index (κ1) is 11.2. The summed E-state index contributed by atoms with van der Waals surface area (Å²) in [6, 6.07) is 0. The average molecular weight is 235 g/mol.